The van der Waals surface area contributed by atoms with E-state index in [9.17, 15) is 9.59 Å². The zero-order chi connectivity index (χ0) is 25.2. The third kappa shape index (κ3) is 5.65. The average molecular weight is 477 g/mol. The third-order valence-electron chi connectivity index (χ3n) is 6.05. The molecule has 0 saturated heterocycles. The molecule has 5 nitrogen and oxygen atoms in total. The molecule has 0 aliphatic rings. The summed E-state index contributed by atoms with van der Waals surface area (Å²) in [6, 6.07) is 32.5. The number of methoxy groups -OCH3 is 1. The maximum Gasteiger partial charge on any atom is 0.323 e. The van der Waals surface area contributed by atoms with Gasteiger partial charge in [0.2, 0.25) is 0 Å². The molecule has 0 unspecified atom stereocenters. The van der Waals surface area contributed by atoms with Crippen molar-refractivity contribution in [2.45, 2.75) is 18.0 Å². The van der Waals surface area contributed by atoms with E-state index in [4.69, 9.17) is 4.74 Å². The van der Waals surface area contributed by atoms with Crippen LogP contribution in [0.25, 0.3) is 6.08 Å². The molecule has 0 aliphatic carbocycles. The first-order valence-electron chi connectivity index (χ1n) is 11.8. The molecule has 3 aromatic carbocycles. The molecule has 1 heterocycles. The van der Waals surface area contributed by atoms with Crippen molar-refractivity contribution in [2.75, 3.05) is 7.11 Å². The van der Waals surface area contributed by atoms with Gasteiger partial charge in [0.15, 0.2) is 5.78 Å². The van der Waals surface area contributed by atoms with Crippen molar-refractivity contribution in [2.24, 2.45) is 0 Å². The number of carbonyl (C=O) groups is 2. The van der Waals surface area contributed by atoms with Crippen molar-refractivity contribution in [3.05, 3.63) is 144 Å². The minimum Gasteiger partial charge on any atom is -0.468 e. The Labute approximate surface area is 211 Å². The second kappa shape index (κ2) is 11.9. The fourth-order valence-electron chi connectivity index (χ4n) is 4.34. The molecule has 0 aliphatic heterocycles. The van der Waals surface area contributed by atoms with Crippen LogP contribution in [0.3, 0.4) is 0 Å². The summed E-state index contributed by atoms with van der Waals surface area (Å²) in [5.41, 5.74) is 2.72. The predicted octanol–water partition coefficient (Wildman–Crippen LogP) is 5.18. The fraction of sp³-hybridized carbons (Fsp3) is 0.129. The Morgan fingerprint density at radius 1 is 0.833 bits per heavy atom. The summed E-state index contributed by atoms with van der Waals surface area (Å²) >= 11 is 0. The molecular weight excluding hydrogens is 448 g/mol. The number of allylic oxidation sites excluding steroid dienone is 1. The van der Waals surface area contributed by atoms with Crippen molar-refractivity contribution in [3.63, 3.8) is 0 Å². The van der Waals surface area contributed by atoms with Gasteiger partial charge in [-0.1, -0.05) is 97.1 Å². The number of nitrogens with zero attached hydrogens (tertiary/aromatic N) is 1. The Morgan fingerprint density at radius 3 is 1.81 bits per heavy atom. The molecule has 0 saturated carbocycles. The number of hydrogen-bond acceptors (Lipinski definition) is 5. The molecule has 1 N–H and O–H groups in total. The van der Waals surface area contributed by atoms with Crippen LogP contribution in [0.15, 0.2) is 122 Å². The smallest absolute Gasteiger partial charge is 0.323 e. The van der Waals surface area contributed by atoms with Gasteiger partial charge < -0.3 is 4.74 Å². The zero-order valence-electron chi connectivity index (χ0n) is 20.1. The first-order valence-corrected chi connectivity index (χ1v) is 11.8. The van der Waals surface area contributed by atoms with Crippen LogP contribution in [0.1, 0.15) is 28.7 Å². The van der Waals surface area contributed by atoms with E-state index in [1.165, 1.54) is 13.2 Å². The largest absolute Gasteiger partial charge is 0.468 e. The van der Waals surface area contributed by atoms with E-state index >= 15 is 0 Å². The summed E-state index contributed by atoms with van der Waals surface area (Å²) in [7, 11) is 1.34. The number of aromatic nitrogens is 1. The number of ether oxygens (including phenoxy) is 1. The van der Waals surface area contributed by atoms with E-state index in [1.807, 2.05) is 97.1 Å². The number of benzene rings is 3. The number of hydrogen-bond donors (Lipinski definition) is 1. The third-order valence-corrected chi connectivity index (χ3v) is 6.05. The second-order valence-corrected chi connectivity index (χ2v) is 8.36. The van der Waals surface area contributed by atoms with Gasteiger partial charge in [0.1, 0.15) is 6.04 Å². The maximum absolute atomic E-state index is 13.0. The Morgan fingerprint density at radius 2 is 1.36 bits per heavy atom. The van der Waals surface area contributed by atoms with E-state index < -0.39 is 17.6 Å². The lowest BCUT2D eigenvalue weighted by atomic mass is 9.76. The monoisotopic (exact) mass is 476 g/mol. The lowest BCUT2D eigenvalue weighted by Crippen LogP contribution is -2.53. The van der Waals surface area contributed by atoms with Gasteiger partial charge in [0.25, 0.3) is 0 Å². The Balaban J connectivity index is 1.78. The molecular formula is C31H28N2O3. The van der Waals surface area contributed by atoms with Crippen LogP contribution in [-0.2, 0) is 19.9 Å². The zero-order valence-corrected chi connectivity index (χ0v) is 20.1. The molecule has 0 amide bonds. The van der Waals surface area contributed by atoms with Gasteiger partial charge >= 0.3 is 5.97 Å². The van der Waals surface area contributed by atoms with Gasteiger partial charge in [-0.15, -0.1) is 0 Å². The highest BCUT2D eigenvalue weighted by Gasteiger charge is 2.40. The van der Waals surface area contributed by atoms with E-state index in [0.717, 1.165) is 22.3 Å². The average Bonchev–Trinajstić information content (AvgIpc) is 2.95. The van der Waals surface area contributed by atoms with Crippen LogP contribution in [0.5, 0.6) is 0 Å². The van der Waals surface area contributed by atoms with E-state index in [-0.39, 0.29) is 12.2 Å². The lowest BCUT2D eigenvalue weighted by molar-refractivity contribution is -0.144. The molecule has 0 bridgehead atoms. The topological polar surface area (TPSA) is 68.3 Å². The minimum atomic E-state index is -0.907. The maximum atomic E-state index is 13.0. The Kier molecular flexibility index (Phi) is 8.16. The quantitative estimate of drug-likeness (QED) is 0.194. The number of pyridine rings is 1. The first kappa shape index (κ1) is 24.8. The van der Waals surface area contributed by atoms with Gasteiger partial charge in [-0.05, 0) is 40.5 Å². The highest BCUT2D eigenvalue weighted by Crippen LogP contribution is 2.37. The molecule has 1 atom stereocenters. The summed E-state index contributed by atoms with van der Waals surface area (Å²) in [5, 5.41) is 3.55. The molecule has 5 heteroatoms. The number of nitrogens with one attached hydrogen (secondary N) is 1. The highest BCUT2D eigenvalue weighted by molar-refractivity contribution is 5.96. The summed E-state index contributed by atoms with van der Waals surface area (Å²) in [6.45, 7) is 0. The van der Waals surface area contributed by atoms with Crippen LogP contribution < -0.4 is 5.32 Å². The fourth-order valence-corrected chi connectivity index (χ4v) is 4.34. The van der Waals surface area contributed by atoms with Crippen LogP contribution in [0, 0.1) is 0 Å². The number of rotatable bonds is 10. The predicted molar refractivity (Wildman–Crippen MR) is 141 cm³/mol. The van der Waals surface area contributed by atoms with Crippen molar-refractivity contribution in [1.82, 2.24) is 10.3 Å². The summed E-state index contributed by atoms with van der Waals surface area (Å²) in [4.78, 5) is 30.1. The SMILES string of the molecule is COC(=O)[C@H](CC(=O)/C=C/c1cccnc1)NC(c1ccccc1)(c1ccccc1)c1ccccc1. The molecule has 0 fully saturated rings. The molecule has 1 aromatic heterocycles. The minimum absolute atomic E-state index is 0.0717. The number of ketones is 1. The van der Waals surface area contributed by atoms with Crippen molar-refractivity contribution >= 4 is 17.8 Å². The highest BCUT2D eigenvalue weighted by atomic mass is 16.5. The lowest BCUT2D eigenvalue weighted by Gasteiger charge is -2.39. The van der Waals surface area contributed by atoms with Gasteiger partial charge in [-0.3, -0.25) is 19.9 Å². The summed E-state index contributed by atoms with van der Waals surface area (Å²) < 4.78 is 5.14. The van der Waals surface area contributed by atoms with Gasteiger partial charge in [-0.2, -0.15) is 0 Å². The molecule has 0 spiro atoms. The molecule has 4 rings (SSSR count). The van der Waals surface area contributed by atoms with Gasteiger partial charge in [-0.25, -0.2) is 0 Å². The van der Waals surface area contributed by atoms with Gasteiger partial charge in [0, 0.05) is 18.8 Å². The molecule has 36 heavy (non-hydrogen) atoms. The summed E-state index contributed by atoms with van der Waals surface area (Å²) in [6.07, 6.45) is 6.45. The van der Waals surface area contributed by atoms with Crippen LogP contribution in [0.4, 0.5) is 0 Å². The molecule has 180 valence electrons. The van der Waals surface area contributed by atoms with Crippen molar-refractivity contribution < 1.29 is 14.3 Å². The van der Waals surface area contributed by atoms with Crippen LogP contribution >= 0.6 is 0 Å². The Hall–Kier alpha value is -4.35. The summed E-state index contributed by atoms with van der Waals surface area (Å²) in [5.74, 6) is -0.713. The van der Waals surface area contributed by atoms with Gasteiger partial charge in [0.05, 0.1) is 12.6 Å². The van der Waals surface area contributed by atoms with E-state index in [0.29, 0.717) is 0 Å². The Bertz CT molecular complexity index is 1190. The molecule has 4 aromatic rings. The van der Waals surface area contributed by atoms with E-state index in [1.54, 1.807) is 24.5 Å². The normalized spacial score (nSPS) is 12.2. The molecule has 0 radical (unpaired) electrons. The van der Waals surface area contributed by atoms with E-state index in [2.05, 4.69) is 10.3 Å². The first-order chi connectivity index (χ1) is 17.6. The van der Waals surface area contributed by atoms with Crippen LogP contribution in [-0.4, -0.2) is 29.9 Å². The van der Waals surface area contributed by atoms with Crippen molar-refractivity contribution in [1.29, 1.82) is 0 Å². The van der Waals surface area contributed by atoms with Crippen molar-refractivity contribution in [3.8, 4) is 0 Å². The standard InChI is InChI=1S/C31H28N2O3/c1-36-30(35)29(22-28(34)20-19-24-12-11-21-32-23-24)33-31(25-13-5-2-6-14-25,26-15-7-3-8-16-26)27-17-9-4-10-18-27/h2-21,23,29,33H,22H2,1H3/b20-19+/t29-/m0/s1. The van der Waals surface area contributed by atoms with Crippen LogP contribution in [0.2, 0.25) is 0 Å². The number of esters is 1. The number of carbonyl (C=O) groups excluding carboxylic acids is 2. The second-order valence-electron chi connectivity index (χ2n) is 8.36.